The minimum absolute atomic E-state index is 0.00327. The average Bonchev–Trinajstić information content (AvgIpc) is 3.54. The van der Waals surface area contributed by atoms with E-state index in [0.29, 0.717) is 23.6 Å². The molecule has 2 heterocycles. The first-order valence-electron chi connectivity index (χ1n) is 12.1. The second-order valence-corrected chi connectivity index (χ2v) is 9.62. The van der Waals surface area contributed by atoms with Crippen molar-refractivity contribution in [2.24, 2.45) is 5.92 Å². The zero-order valence-electron chi connectivity index (χ0n) is 19.7. The second kappa shape index (κ2) is 9.44. The zero-order chi connectivity index (χ0) is 23.7. The molecule has 2 aliphatic carbocycles. The summed E-state index contributed by atoms with van der Waals surface area (Å²) in [5.74, 6) is 1.30. The van der Waals surface area contributed by atoms with Crippen LogP contribution in [0.25, 0.3) is 22.3 Å². The molecule has 2 aromatic heterocycles. The van der Waals surface area contributed by atoms with Gasteiger partial charge in [0.05, 0.1) is 17.7 Å². The summed E-state index contributed by atoms with van der Waals surface area (Å²) in [6, 6.07) is 6.38. The third-order valence-electron chi connectivity index (χ3n) is 6.74. The van der Waals surface area contributed by atoms with Gasteiger partial charge >= 0.3 is 0 Å². The first kappa shape index (κ1) is 22.4. The summed E-state index contributed by atoms with van der Waals surface area (Å²) in [6.45, 7) is 4.30. The zero-order valence-corrected chi connectivity index (χ0v) is 19.7. The Labute approximate surface area is 198 Å². The highest BCUT2D eigenvalue weighted by Crippen LogP contribution is 2.36. The molecular weight excluding hydrogens is 430 g/mol. The number of H-pyrrole nitrogens is 1. The van der Waals surface area contributed by atoms with E-state index in [9.17, 15) is 9.59 Å². The number of nitrogens with one attached hydrogen (secondary N) is 3. The number of fused-ring (bicyclic) bond motifs is 1. The van der Waals surface area contributed by atoms with Gasteiger partial charge in [0.2, 0.25) is 5.91 Å². The number of benzene rings is 1. The van der Waals surface area contributed by atoms with E-state index in [-0.39, 0.29) is 23.9 Å². The topological polar surface area (TPSA) is 109 Å². The fourth-order valence-electron chi connectivity index (χ4n) is 4.70. The third kappa shape index (κ3) is 4.90. The molecule has 0 atom stereocenters. The highest BCUT2D eigenvalue weighted by molar-refractivity contribution is 6.08. The molecule has 0 radical (unpaired) electrons. The third-order valence-corrected chi connectivity index (χ3v) is 6.74. The largest absolute Gasteiger partial charge is 0.493 e. The molecule has 3 N–H and O–H groups in total. The van der Waals surface area contributed by atoms with E-state index in [1.54, 1.807) is 13.1 Å². The molecule has 2 fully saturated rings. The molecule has 1 aromatic carbocycles. The molecule has 2 aliphatic rings. The number of aromatic nitrogens is 3. The lowest BCUT2D eigenvalue weighted by molar-refractivity contribution is -0.119. The van der Waals surface area contributed by atoms with Gasteiger partial charge in [0, 0.05) is 30.8 Å². The summed E-state index contributed by atoms with van der Waals surface area (Å²) < 4.78 is 6.13. The van der Waals surface area contributed by atoms with Crippen molar-refractivity contribution in [2.75, 3.05) is 6.61 Å². The van der Waals surface area contributed by atoms with E-state index >= 15 is 0 Å². The number of amides is 2. The van der Waals surface area contributed by atoms with Crippen molar-refractivity contribution in [2.45, 2.75) is 64.5 Å². The van der Waals surface area contributed by atoms with E-state index in [4.69, 9.17) is 4.74 Å². The number of carbonyl (C=O) groups excluding carboxylic acids is 2. The van der Waals surface area contributed by atoms with Gasteiger partial charge in [0.1, 0.15) is 23.3 Å². The lowest BCUT2D eigenvalue weighted by Crippen LogP contribution is -2.43. The smallest absolute Gasteiger partial charge is 0.255 e. The van der Waals surface area contributed by atoms with Gasteiger partial charge in [-0.1, -0.05) is 11.6 Å². The lowest BCUT2D eigenvalue weighted by atomic mass is 9.91. The predicted molar refractivity (Wildman–Crippen MR) is 130 cm³/mol. The summed E-state index contributed by atoms with van der Waals surface area (Å²) in [7, 11) is 0. The molecule has 34 heavy (non-hydrogen) atoms. The molecule has 0 bridgehead atoms. The summed E-state index contributed by atoms with van der Waals surface area (Å²) in [4.78, 5) is 36.6. The summed E-state index contributed by atoms with van der Waals surface area (Å²) in [6.07, 6.45) is 9.07. The van der Waals surface area contributed by atoms with Gasteiger partial charge in [-0.3, -0.25) is 9.59 Å². The van der Waals surface area contributed by atoms with Gasteiger partial charge in [-0.2, -0.15) is 0 Å². The Bertz CT molecular complexity index is 1210. The molecule has 0 spiro atoms. The fourth-order valence-corrected chi connectivity index (χ4v) is 4.70. The standard InChI is InChI=1S/C26H31N5O3/c1-15-3-10-22(34-13-17-4-5-17)20(11-15)23-25-24(29-14-28-23)21(12-27-25)26(33)31-19-8-6-18(7-9-19)30-16(2)32/h3,10-12,14,17-19,27H,4-9,13H2,1-2H3,(H,30,32)(H,31,33)/t18-,19-. The molecular formula is C26H31N5O3. The van der Waals surface area contributed by atoms with Crippen molar-refractivity contribution in [3.8, 4) is 17.0 Å². The van der Waals surface area contributed by atoms with Crippen LogP contribution in [0.15, 0.2) is 30.7 Å². The molecule has 5 rings (SSSR count). The van der Waals surface area contributed by atoms with Crippen LogP contribution in [-0.4, -0.2) is 45.5 Å². The van der Waals surface area contributed by atoms with Gasteiger partial charge in [-0.05, 0) is 63.5 Å². The number of carbonyl (C=O) groups is 2. The Hall–Kier alpha value is -3.42. The molecule has 2 amide bonds. The molecule has 8 nitrogen and oxygen atoms in total. The van der Waals surface area contributed by atoms with Crippen LogP contribution in [0.2, 0.25) is 0 Å². The van der Waals surface area contributed by atoms with Crippen LogP contribution >= 0.6 is 0 Å². The number of aromatic amines is 1. The molecule has 0 unspecified atom stereocenters. The molecule has 0 aliphatic heterocycles. The number of rotatable bonds is 7. The monoisotopic (exact) mass is 461 g/mol. The van der Waals surface area contributed by atoms with Crippen molar-refractivity contribution in [3.05, 3.63) is 41.9 Å². The molecule has 0 saturated heterocycles. The maximum atomic E-state index is 13.1. The second-order valence-electron chi connectivity index (χ2n) is 9.62. The number of nitrogens with zero attached hydrogens (tertiary/aromatic N) is 2. The lowest BCUT2D eigenvalue weighted by Gasteiger charge is -2.29. The quantitative estimate of drug-likeness (QED) is 0.494. The van der Waals surface area contributed by atoms with Gasteiger partial charge in [-0.25, -0.2) is 9.97 Å². The van der Waals surface area contributed by atoms with Gasteiger partial charge in [-0.15, -0.1) is 0 Å². The van der Waals surface area contributed by atoms with Crippen molar-refractivity contribution >= 4 is 22.8 Å². The van der Waals surface area contributed by atoms with Crippen LogP contribution in [0.3, 0.4) is 0 Å². The summed E-state index contributed by atoms with van der Waals surface area (Å²) in [5.41, 5.74) is 4.58. The number of ether oxygens (including phenoxy) is 1. The molecule has 178 valence electrons. The SMILES string of the molecule is CC(=O)N[C@H]1CC[C@H](NC(=O)c2c[nH]c3c(-c4cc(C)ccc4OCC4CC4)ncnc23)CC1. The maximum Gasteiger partial charge on any atom is 0.255 e. The summed E-state index contributed by atoms with van der Waals surface area (Å²) in [5, 5.41) is 6.12. The Morgan fingerprint density at radius 1 is 1.06 bits per heavy atom. The molecule has 2 saturated carbocycles. The first-order chi connectivity index (χ1) is 16.5. The highest BCUT2D eigenvalue weighted by atomic mass is 16.5. The highest BCUT2D eigenvalue weighted by Gasteiger charge is 2.26. The number of hydrogen-bond donors (Lipinski definition) is 3. The Morgan fingerprint density at radius 3 is 2.50 bits per heavy atom. The average molecular weight is 462 g/mol. The van der Waals surface area contributed by atoms with Crippen LogP contribution in [-0.2, 0) is 4.79 Å². The summed E-state index contributed by atoms with van der Waals surface area (Å²) >= 11 is 0. The van der Waals surface area contributed by atoms with E-state index in [2.05, 4.69) is 31.7 Å². The van der Waals surface area contributed by atoms with Crippen LogP contribution < -0.4 is 15.4 Å². The Balaban J connectivity index is 1.35. The van der Waals surface area contributed by atoms with Gasteiger partial charge in [0.15, 0.2) is 0 Å². The number of aryl methyl sites for hydroxylation is 1. The Morgan fingerprint density at radius 2 is 1.79 bits per heavy atom. The minimum Gasteiger partial charge on any atom is -0.493 e. The van der Waals surface area contributed by atoms with Crippen molar-refractivity contribution in [3.63, 3.8) is 0 Å². The van der Waals surface area contributed by atoms with Crippen LogP contribution in [0.1, 0.15) is 61.4 Å². The number of hydrogen-bond acceptors (Lipinski definition) is 5. The Kier molecular flexibility index (Phi) is 6.22. The van der Waals surface area contributed by atoms with Crippen LogP contribution in [0.4, 0.5) is 0 Å². The molecule has 8 heteroatoms. The van der Waals surface area contributed by atoms with E-state index in [1.165, 1.54) is 19.2 Å². The maximum absolute atomic E-state index is 13.1. The fraction of sp³-hybridized carbons (Fsp3) is 0.462. The van der Waals surface area contributed by atoms with E-state index in [1.807, 2.05) is 19.1 Å². The molecule has 3 aromatic rings. The van der Waals surface area contributed by atoms with Crippen LogP contribution in [0.5, 0.6) is 5.75 Å². The normalized spacial score (nSPS) is 20.2. The van der Waals surface area contributed by atoms with E-state index < -0.39 is 0 Å². The first-order valence-corrected chi connectivity index (χ1v) is 12.1. The van der Waals surface area contributed by atoms with E-state index in [0.717, 1.165) is 53.8 Å². The van der Waals surface area contributed by atoms with Crippen LogP contribution in [0, 0.1) is 12.8 Å². The minimum atomic E-state index is -0.145. The van der Waals surface area contributed by atoms with Crippen molar-refractivity contribution in [1.82, 2.24) is 25.6 Å². The predicted octanol–water partition coefficient (Wildman–Crippen LogP) is 3.90. The van der Waals surface area contributed by atoms with Gasteiger partial charge < -0.3 is 20.4 Å². The van der Waals surface area contributed by atoms with Crippen molar-refractivity contribution < 1.29 is 14.3 Å². The van der Waals surface area contributed by atoms with Gasteiger partial charge in [0.25, 0.3) is 5.91 Å². The van der Waals surface area contributed by atoms with Crippen molar-refractivity contribution in [1.29, 1.82) is 0 Å².